The number of pyridine rings is 1. The highest BCUT2D eigenvalue weighted by Crippen LogP contribution is 2.30. The number of anilines is 1. The van der Waals surface area contributed by atoms with Gasteiger partial charge in [-0.15, -0.1) is 0 Å². The number of hydrogen-bond donors (Lipinski definition) is 1. The summed E-state index contributed by atoms with van der Waals surface area (Å²) in [5.74, 6) is 0.255. The van der Waals surface area contributed by atoms with Crippen LogP contribution in [-0.4, -0.2) is 35.1 Å². The average Bonchev–Trinajstić information content (AvgIpc) is 2.91. The molecule has 2 aromatic heterocycles. The van der Waals surface area contributed by atoms with E-state index in [-0.39, 0.29) is 35.1 Å². The topological polar surface area (TPSA) is 119 Å². The number of esters is 1. The van der Waals surface area contributed by atoms with Crippen LogP contribution in [0.15, 0.2) is 48.5 Å². The minimum absolute atomic E-state index is 0.0696. The first-order chi connectivity index (χ1) is 17.8. The molecule has 1 atom stereocenters. The van der Waals surface area contributed by atoms with Crippen molar-refractivity contribution in [2.45, 2.75) is 26.5 Å². The third kappa shape index (κ3) is 5.71. The van der Waals surface area contributed by atoms with Crippen LogP contribution in [0.1, 0.15) is 45.8 Å². The van der Waals surface area contributed by atoms with Crippen molar-refractivity contribution < 1.29 is 19.0 Å². The van der Waals surface area contributed by atoms with Gasteiger partial charge in [0.05, 0.1) is 37.0 Å². The van der Waals surface area contributed by atoms with Crippen LogP contribution in [0.25, 0.3) is 11.0 Å². The van der Waals surface area contributed by atoms with E-state index in [1.54, 1.807) is 19.2 Å². The highest BCUT2D eigenvalue weighted by Gasteiger charge is 2.20. The fraction of sp³-hybridized carbons (Fsp3) is 0.222. The average molecular weight is 518 g/mol. The Balaban J connectivity index is 1.70. The van der Waals surface area contributed by atoms with E-state index in [9.17, 15) is 10.1 Å². The van der Waals surface area contributed by atoms with Crippen molar-refractivity contribution in [2.24, 2.45) is 0 Å². The van der Waals surface area contributed by atoms with Crippen LogP contribution in [0.5, 0.6) is 11.6 Å². The van der Waals surface area contributed by atoms with Gasteiger partial charge in [0.1, 0.15) is 23.6 Å². The van der Waals surface area contributed by atoms with E-state index in [0.29, 0.717) is 16.7 Å². The number of benzene rings is 2. The predicted molar refractivity (Wildman–Crippen MR) is 139 cm³/mol. The molecule has 0 spiro atoms. The van der Waals surface area contributed by atoms with E-state index in [1.165, 1.54) is 7.11 Å². The Bertz CT molecular complexity index is 1500. The van der Waals surface area contributed by atoms with Gasteiger partial charge in [-0.2, -0.15) is 5.26 Å². The van der Waals surface area contributed by atoms with Gasteiger partial charge in [-0.3, -0.25) is 0 Å². The molecule has 0 saturated carbocycles. The molecular formula is C27H24ClN5O4. The van der Waals surface area contributed by atoms with Crippen LogP contribution in [0, 0.1) is 18.3 Å². The van der Waals surface area contributed by atoms with Gasteiger partial charge >= 0.3 is 5.97 Å². The molecule has 9 nitrogen and oxygen atoms in total. The van der Waals surface area contributed by atoms with Crippen LogP contribution in [0.3, 0.4) is 0 Å². The largest absolute Gasteiger partial charge is 0.497 e. The number of carbonyl (C=O) groups is 1. The Labute approximate surface area is 219 Å². The summed E-state index contributed by atoms with van der Waals surface area (Å²) in [5.41, 5.74) is 4.35. The molecule has 2 aromatic carbocycles. The number of fused-ring (bicyclic) bond motifs is 1. The number of nitrogens with one attached hydrogen (secondary N) is 1. The van der Waals surface area contributed by atoms with Gasteiger partial charge in [0.15, 0.2) is 5.69 Å². The van der Waals surface area contributed by atoms with Crippen molar-refractivity contribution in [3.05, 3.63) is 81.8 Å². The van der Waals surface area contributed by atoms with Crippen LogP contribution in [0.4, 0.5) is 5.69 Å². The molecule has 0 aliphatic rings. The van der Waals surface area contributed by atoms with E-state index < -0.39 is 5.97 Å². The summed E-state index contributed by atoms with van der Waals surface area (Å²) in [6.07, 6.45) is 0. The number of rotatable bonds is 8. The van der Waals surface area contributed by atoms with Gasteiger partial charge in [-0.05, 0) is 55.3 Å². The zero-order chi connectivity index (χ0) is 26.5. The number of nitriles is 1. The molecular weight excluding hydrogens is 494 g/mol. The van der Waals surface area contributed by atoms with Crippen molar-refractivity contribution in [3.63, 3.8) is 0 Å². The zero-order valence-corrected chi connectivity index (χ0v) is 21.5. The lowest BCUT2D eigenvalue weighted by Crippen LogP contribution is -2.14. The Morgan fingerprint density at radius 1 is 1.11 bits per heavy atom. The van der Waals surface area contributed by atoms with Crippen LogP contribution in [0.2, 0.25) is 5.15 Å². The molecule has 0 fully saturated rings. The highest BCUT2D eigenvalue weighted by molar-refractivity contribution is 6.29. The third-order valence-electron chi connectivity index (χ3n) is 5.63. The molecule has 4 rings (SSSR count). The Morgan fingerprint density at radius 3 is 2.54 bits per heavy atom. The first-order valence-electron chi connectivity index (χ1n) is 11.3. The summed E-state index contributed by atoms with van der Waals surface area (Å²) in [7, 11) is 2.88. The summed E-state index contributed by atoms with van der Waals surface area (Å²) in [6.45, 7) is 4.05. The number of hydrogen-bond acceptors (Lipinski definition) is 9. The van der Waals surface area contributed by atoms with Gasteiger partial charge in [-0.25, -0.2) is 19.7 Å². The van der Waals surface area contributed by atoms with E-state index in [1.807, 2.05) is 50.2 Å². The van der Waals surface area contributed by atoms with Crippen molar-refractivity contribution in [1.29, 1.82) is 5.26 Å². The van der Waals surface area contributed by atoms with E-state index >= 15 is 0 Å². The van der Waals surface area contributed by atoms with Crippen LogP contribution in [-0.2, 0) is 11.3 Å². The van der Waals surface area contributed by atoms with Gasteiger partial charge in [-0.1, -0.05) is 29.8 Å². The molecule has 10 heteroatoms. The van der Waals surface area contributed by atoms with E-state index in [2.05, 4.69) is 26.3 Å². The number of carbonyl (C=O) groups excluding carboxylic acids is 1. The number of halogens is 1. The van der Waals surface area contributed by atoms with Crippen LogP contribution >= 0.6 is 11.6 Å². The highest BCUT2D eigenvalue weighted by atomic mass is 35.5. The zero-order valence-electron chi connectivity index (χ0n) is 20.7. The SMILES string of the molecule is COC(=O)c1nc(Cl)ccc1N[C@H](C)c1cc(C)cc2nc(C#N)c(OCc3ccc(OC)cc3)nc12. The Morgan fingerprint density at radius 2 is 1.86 bits per heavy atom. The molecule has 0 amide bonds. The number of aryl methyl sites for hydroxylation is 1. The fourth-order valence-electron chi connectivity index (χ4n) is 3.81. The summed E-state index contributed by atoms with van der Waals surface area (Å²) >= 11 is 5.99. The Hall–Kier alpha value is -4.42. The minimum Gasteiger partial charge on any atom is -0.497 e. The molecule has 4 aromatic rings. The lowest BCUT2D eigenvalue weighted by Gasteiger charge is -2.20. The Kier molecular flexibility index (Phi) is 7.70. The molecule has 1 N–H and O–H groups in total. The lowest BCUT2D eigenvalue weighted by molar-refractivity contribution is 0.0595. The maximum atomic E-state index is 12.3. The maximum absolute atomic E-state index is 12.3. The number of methoxy groups -OCH3 is 2. The van der Waals surface area contributed by atoms with E-state index in [0.717, 1.165) is 22.4 Å². The molecule has 37 heavy (non-hydrogen) atoms. The molecule has 2 heterocycles. The second-order valence-electron chi connectivity index (χ2n) is 8.24. The fourth-order valence-corrected chi connectivity index (χ4v) is 3.96. The number of aromatic nitrogens is 3. The van der Waals surface area contributed by atoms with Crippen LogP contribution < -0.4 is 14.8 Å². The molecule has 0 unspecified atom stereocenters. The first-order valence-corrected chi connectivity index (χ1v) is 11.7. The van der Waals surface area contributed by atoms with E-state index in [4.69, 9.17) is 25.8 Å². The van der Waals surface area contributed by atoms with Gasteiger partial charge < -0.3 is 19.5 Å². The lowest BCUT2D eigenvalue weighted by atomic mass is 10.0. The standard InChI is InChI=1S/C27H24ClN5O4/c1-15-11-19(16(2)30-20-9-10-23(28)32-25(20)27(34)36-4)24-21(12-15)31-22(13-29)26(33-24)37-14-17-5-7-18(35-3)8-6-17/h5-12,16,30H,14H2,1-4H3/t16-/m1/s1. The van der Waals surface area contributed by atoms with Gasteiger partial charge in [0.25, 0.3) is 5.88 Å². The van der Waals surface area contributed by atoms with Crippen molar-refractivity contribution in [3.8, 4) is 17.7 Å². The summed E-state index contributed by atoms with van der Waals surface area (Å²) in [4.78, 5) is 25.6. The summed E-state index contributed by atoms with van der Waals surface area (Å²) in [5, 5.41) is 13.2. The quantitative estimate of drug-likeness (QED) is 0.242. The molecule has 0 radical (unpaired) electrons. The van der Waals surface area contributed by atoms with Crippen molar-refractivity contribution in [2.75, 3.05) is 19.5 Å². The smallest absolute Gasteiger partial charge is 0.358 e. The van der Waals surface area contributed by atoms with Gasteiger partial charge in [0, 0.05) is 5.56 Å². The summed E-state index contributed by atoms with van der Waals surface area (Å²) in [6, 6.07) is 16.2. The third-order valence-corrected chi connectivity index (χ3v) is 5.84. The van der Waals surface area contributed by atoms with Gasteiger partial charge in [0.2, 0.25) is 5.69 Å². The molecule has 0 bridgehead atoms. The molecule has 188 valence electrons. The molecule has 0 aliphatic heterocycles. The molecule has 0 saturated heterocycles. The maximum Gasteiger partial charge on any atom is 0.358 e. The second kappa shape index (κ2) is 11.1. The second-order valence-corrected chi connectivity index (χ2v) is 8.62. The first kappa shape index (κ1) is 25.7. The number of ether oxygens (including phenoxy) is 3. The predicted octanol–water partition coefficient (Wildman–Crippen LogP) is 5.41. The molecule has 0 aliphatic carbocycles. The number of nitrogens with zero attached hydrogens (tertiary/aromatic N) is 4. The van der Waals surface area contributed by atoms with Crippen molar-refractivity contribution in [1.82, 2.24) is 15.0 Å². The summed E-state index contributed by atoms with van der Waals surface area (Å²) < 4.78 is 16.0. The monoisotopic (exact) mass is 517 g/mol. The minimum atomic E-state index is -0.612. The van der Waals surface area contributed by atoms with Crippen molar-refractivity contribution >= 4 is 34.3 Å². The normalized spacial score (nSPS) is 11.5.